The number of carbonyl (C=O) groups is 2. The van der Waals surface area contributed by atoms with Gasteiger partial charge in [0.05, 0.1) is 13.7 Å². The van der Waals surface area contributed by atoms with Gasteiger partial charge in [-0.05, 0) is 29.3 Å². The van der Waals surface area contributed by atoms with Crippen molar-refractivity contribution < 1.29 is 14.3 Å². The van der Waals surface area contributed by atoms with E-state index in [1.807, 2.05) is 43.4 Å². The maximum absolute atomic E-state index is 12.2. The maximum atomic E-state index is 12.2. The minimum Gasteiger partial charge on any atom is -0.453 e. The van der Waals surface area contributed by atoms with Crippen LogP contribution in [0.4, 0.5) is 10.5 Å². The van der Waals surface area contributed by atoms with Gasteiger partial charge in [0.2, 0.25) is 5.91 Å². The molecule has 1 unspecified atom stereocenters. The SMILES string of the molecule is COC(=O)NCC(=O)NCC(c1ccc(N(C)C)cc1)c1c[nH]c2ccccc12. The zero-order valence-electron chi connectivity index (χ0n) is 16.9. The first-order valence-corrected chi connectivity index (χ1v) is 9.41. The Morgan fingerprint density at radius 1 is 1.07 bits per heavy atom. The van der Waals surface area contributed by atoms with Crippen molar-refractivity contribution in [3.05, 3.63) is 65.9 Å². The number of aromatic nitrogens is 1. The minimum atomic E-state index is -0.632. The summed E-state index contributed by atoms with van der Waals surface area (Å²) in [6, 6.07) is 16.4. The molecule has 0 saturated carbocycles. The Morgan fingerprint density at radius 2 is 1.79 bits per heavy atom. The molecule has 0 saturated heterocycles. The molecular weight excluding hydrogens is 368 g/mol. The van der Waals surface area contributed by atoms with Gasteiger partial charge in [0.25, 0.3) is 0 Å². The molecule has 1 atom stereocenters. The van der Waals surface area contributed by atoms with Gasteiger partial charge in [-0.2, -0.15) is 0 Å². The van der Waals surface area contributed by atoms with E-state index in [1.54, 1.807) is 0 Å². The highest BCUT2D eigenvalue weighted by molar-refractivity contribution is 5.85. The van der Waals surface area contributed by atoms with Gasteiger partial charge in [0, 0.05) is 49.3 Å². The Labute approximate surface area is 170 Å². The number of ether oxygens (including phenoxy) is 1. The first kappa shape index (κ1) is 20.3. The number of H-pyrrole nitrogens is 1. The van der Waals surface area contributed by atoms with Gasteiger partial charge >= 0.3 is 6.09 Å². The molecule has 152 valence electrons. The van der Waals surface area contributed by atoms with E-state index in [4.69, 9.17) is 0 Å². The first-order valence-electron chi connectivity index (χ1n) is 9.41. The van der Waals surface area contributed by atoms with E-state index in [1.165, 1.54) is 7.11 Å². The average Bonchev–Trinajstić information content (AvgIpc) is 3.16. The van der Waals surface area contributed by atoms with Crippen LogP contribution in [0.2, 0.25) is 0 Å². The highest BCUT2D eigenvalue weighted by atomic mass is 16.5. The van der Waals surface area contributed by atoms with Crippen LogP contribution in [0.3, 0.4) is 0 Å². The van der Waals surface area contributed by atoms with Crippen molar-refractivity contribution in [3.8, 4) is 0 Å². The zero-order chi connectivity index (χ0) is 20.8. The summed E-state index contributed by atoms with van der Waals surface area (Å²) in [5.74, 6) is -0.311. The lowest BCUT2D eigenvalue weighted by Crippen LogP contribution is -2.38. The largest absolute Gasteiger partial charge is 0.453 e. The molecule has 3 rings (SSSR count). The van der Waals surface area contributed by atoms with Crippen molar-refractivity contribution >= 4 is 28.6 Å². The average molecular weight is 394 g/mol. The molecule has 7 nitrogen and oxygen atoms in total. The van der Waals surface area contributed by atoms with Gasteiger partial charge in [0.1, 0.15) is 0 Å². The normalized spacial score (nSPS) is 11.7. The van der Waals surface area contributed by atoms with Crippen LogP contribution in [0.5, 0.6) is 0 Å². The summed E-state index contributed by atoms with van der Waals surface area (Å²) in [5.41, 5.74) is 4.37. The predicted molar refractivity (Wildman–Crippen MR) is 114 cm³/mol. The standard InChI is InChI=1S/C22H26N4O3/c1-26(2)16-10-8-15(9-11-16)18(12-24-21(27)14-25-22(28)29-3)19-13-23-20-7-5-4-6-17(19)20/h4-11,13,18,23H,12,14H2,1-3H3,(H,24,27)(H,25,28). The fourth-order valence-corrected chi connectivity index (χ4v) is 3.30. The summed E-state index contributed by atoms with van der Waals surface area (Å²) in [6.07, 6.45) is 1.36. The molecule has 1 aromatic heterocycles. The number of hydrogen-bond acceptors (Lipinski definition) is 4. The van der Waals surface area contributed by atoms with Crippen molar-refractivity contribution in [1.29, 1.82) is 0 Å². The smallest absolute Gasteiger partial charge is 0.407 e. The molecule has 2 aromatic carbocycles. The Hall–Kier alpha value is -3.48. The lowest BCUT2D eigenvalue weighted by Gasteiger charge is -2.20. The number of methoxy groups -OCH3 is 1. The second-order valence-corrected chi connectivity index (χ2v) is 6.98. The van der Waals surface area contributed by atoms with E-state index in [0.29, 0.717) is 6.54 Å². The molecule has 0 bridgehead atoms. The molecule has 0 aliphatic carbocycles. The summed E-state index contributed by atoms with van der Waals surface area (Å²) < 4.78 is 4.49. The van der Waals surface area contributed by atoms with Crippen LogP contribution in [0.25, 0.3) is 10.9 Å². The summed E-state index contributed by atoms with van der Waals surface area (Å²) in [6.45, 7) is 0.275. The predicted octanol–water partition coefficient (Wildman–Crippen LogP) is 2.84. The molecule has 29 heavy (non-hydrogen) atoms. The number of nitrogens with one attached hydrogen (secondary N) is 3. The van der Waals surface area contributed by atoms with Gasteiger partial charge < -0.3 is 25.3 Å². The number of hydrogen-bond donors (Lipinski definition) is 3. The van der Waals surface area contributed by atoms with E-state index in [2.05, 4.69) is 50.7 Å². The molecule has 7 heteroatoms. The zero-order valence-corrected chi connectivity index (χ0v) is 16.9. The van der Waals surface area contributed by atoms with Crippen LogP contribution in [0.15, 0.2) is 54.7 Å². The Bertz CT molecular complexity index is 979. The molecule has 0 spiro atoms. The highest BCUT2D eigenvalue weighted by Gasteiger charge is 2.19. The van der Waals surface area contributed by atoms with Gasteiger partial charge in [-0.3, -0.25) is 4.79 Å². The third-order valence-electron chi connectivity index (χ3n) is 4.89. The van der Waals surface area contributed by atoms with E-state index in [-0.39, 0.29) is 18.4 Å². The van der Waals surface area contributed by atoms with Crippen LogP contribution in [0, 0.1) is 0 Å². The number of benzene rings is 2. The van der Waals surface area contributed by atoms with Crippen molar-refractivity contribution in [2.75, 3.05) is 39.2 Å². The Morgan fingerprint density at radius 3 is 2.48 bits per heavy atom. The molecule has 0 aliphatic rings. The number of rotatable bonds is 7. The van der Waals surface area contributed by atoms with Gasteiger partial charge in [-0.15, -0.1) is 0 Å². The van der Waals surface area contributed by atoms with Gasteiger partial charge in [-0.25, -0.2) is 4.79 Å². The van der Waals surface area contributed by atoms with E-state index < -0.39 is 6.09 Å². The van der Waals surface area contributed by atoms with Crippen molar-refractivity contribution in [1.82, 2.24) is 15.6 Å². The summed E-state index contributed by atoms with van der Waals surface area (Å²) in [7, 11) is 5.26. The van der Waals surface area contributed by atoms with Crippen LogP contribution in [0.1, 0.15) is 17.0 Å². The molecule has 0 radical (unpaired) electrons. The van der Waals surface area contributed by atoms with E-state index in [0.717, 1.165) is 27.7 Å². The molecular formula is C22H26N4O3. The number of amides is 2. The van der Waals surface area contributed by atoms with Crippen LogP contribution in [-0.2, 0) is 9.53 Å². The van der Waals surface area contributed by atoms with Crippen molar-refractivity contribution in [3.63, 3.8) is 0 Å². The quantitative estimate of drug-likeness (QED) is 0.575. The van der Waals surface area contributed by atoms with Crippen molar-refractivity contribution in [2.24, 2.45) is 0 Å². The molecule has 1 heterocycles. The van der Waals surface area contributed by atoms with E-state index >= 15 is 0 Å². The monoisotopic (exact) mass is 394 g/mol. The topological polar surface area (TPSA) is 86.5 Å². The lowest BCUT2D eigenvalue weighted by molar-refractivity contribution is -0.120. The van der Waals surface area contributed by atoms with Crippen molar-refractivity contribution in [2.45, 2.75) is 5.92 Å². The molecule has 3 N–H and O–H groups in total. The number of alkyl carbamates (subject to hydrolysis) is 1. The van der Waals surface area contributed by atoms with Crippen LogP contribution < -0.4 is 15.5 Å². The maximum Gasteiger partial charge on any atom is 0.407 e. The number of nitrogens with zero attached hydrogens (tertiary/aromatic N) is 1. The minimum absolute atomic E-state index is 0.0376. The molecule has 2 amide bonds. The second kappa shape index (κ2) is 9.14. The lowest BCUT2D eigenvalue weighted by atomic mass is 9.90. The third-order valence-corrected chi connectivity index (χ3v) is 4.89. The number of aromatic amines is 1. The number of anilines is 1. The fourth-order valence-electron chi connectivity index (χ4n) is 3.30. The second-order valence-electron chi connectivity index (χ2n) is 6.98. The summed E-state index contributed by atoms with van der Waals surface area (Å²) in [5, 5.41) is 6.43. The fraction of sp³-hybridized carbons (Fsp3) is 0.273. The molecule has 0 aliphatic heterocycles. The Kier molecular flexibility index (Phi) is 6.39. The first-order chi connectivity index (χ1) is 14.0. The Balaban J connectivity index is 1.84. The highest BCUT2D eigenvalue weighted by Crippen LogP contribution is 2.31. The number of fused-ring (bicyclic) bond motifs is 1. The molecule has 0 fully saturated rings. The van der Waals surface area contributed by atoms with Crippen LogP contribution in [-0.4, -0.2) is 51.3 Å². The van der Waals surface area contributed by atoms with Gasteiger partial charge in [0.15, 0.2) is 0 Å². The van der Waals surface area contributed by atoms with Crippen LogP contribution >= 0.6 is 0 Å². The number of carbonyl (C=O) groups excluding carboxylic acids is 2. The summed E-state index contributed by atoms with van der Waals surface area (Å²) in [4.78, 5) is 28.7. The number of para-hydroxylation sites is 1. The summed E-state index contributed by atoms with van der Waals surface area (Å²) >= 11 is 0. The van der Waals surface area contributed by atoms with E-state index in [9.17, 15) is 9.59 Å². The third kappa shape index (κ3) is 4.87. The molecule has 3 aromatic rings. The van der Waals surface area contributed by atoms with Gasteiger partial charge in [-0.1, -0.05) is 30.3 Å².